The van der Waals surface area contributed by atoms with Gasteiger partial charge in [0.05, 0.1) is 16.5 Å². The second-order valence-corrected chi connectivity index (χ2v) is 6.76. The molecule has 23 heavy (non-hydrogen) atoms. The number of aromatic nitrogens is 3. The Bertz CT molecular complexity index is 1060. The number of thiazole rings is 1. The highest BCUT2D eigenvalue weighted by molar-refractivity contribution is 7.15. The lowest BCUT2D eigenvalue weighted by Gasteiger charge is -1.98. The summed E-state index contributed by atoms with van der Waals surface area (Å²) in [5.41, 5.74) is 0.854. The van der Waals surface area contributed by atoms with E-state index in [1.807, 2.05) is 47.9 Å². The molecule has 5 nitrogen and oxygen atoms in total. The van der Waals surface area contributed by atoms with Gasteiger partial charge in [-0.1, -0.05) is 29.5 Å². The summed E-state index contributed by atoms with van der Waals surface area (Å²) in [5, 5.41) is 10.2. The Balaban J connectivity index is 1.86. The maximum Gasteiger partial charge on any atom is 0.276 e. The van der Waals surface area contributed by atoms with E-state index < -0.39 is 0 Å². The molecule has 0 fully saturated rings. The molecular formula is C16H11N3O2S2. The van der Waals surface area contributed by atoms with E-state index in [0.29, 0.717) is 15.3 Å². The summed E-state index contributed by atoms with van der Waals surface area (Å²) in [6.07, 6.45) is 1.86. The van der Waals surface area contributed by atoms with Gasteiger partial charge >= 0.3 is 0 Å². The van der Waals surface area contributed by atoms with Gasteiger partial charge in [-0.05, 0) is 35.2 Å². The number of benzene rings is 1. The maximum atomic E-state index is 12.7. The molecule has 0 atom stereocenters. The van der Waals surface area contributed by atoms with Crippen LogP contribution in [-0.4, -0.2) is 21.7 Å². The van der Waals surface area contributed by atoms with Crippen LogP contribution in [0.15, 0.2) is 46.6 Å². The number of rotatable bonds is 3. The number of ether oxygens (including phenoxy) is 1. The molecule has 0 unspecified atom stereocenters. The van der Waals surface area contributed by atoms with Crippen molar-refractivity contribution in [3.63, 3.8) is 0 Å². The van der Waals surface area contributed by atoms with Gasteiger partial charge in [0.1, 0.15) is 5.75 Å². The first kappa shape index (κ1) is 14.1. The lowest BCUT2D eigenvalue weighted by atomic mass is 10.2. The van der Waals surface area contributed by atoms with E-state index in [2.05, 4.69) is 10.2 Å². The molecule has 0 aliphatic heterocycles. The van der Waals surface area contributed by atoms with Gasteiger partial charge in [-0.15, -0.1) is 21.5 Å². The second kappa shape index (κ2) is 5.60. The van der Waals surface area contributed by atoms with Crippen LogP contribution in [-0.2, 0) is 0 Å². The summed E-state index contributed by atoms with van der Waals surface area (Å²) < 4.78 is 7.35. The third-order valence-corrected chi connectivity index (χ3v) is 5.23. The van der Waals surface area contributed by atoms with Crippen LogP contribution < -0.4 is 14.8 Å². The minimum atomic E-state index is -0.0887. The Morgan fingerprint density at radius 1 is 1.17 bits per heavy atom. The lowest BCUT2D eigenvalue weighted by molar-refractivity contribution is 0.415. The van der Waals surface area contributed by atoms with Gasteiger partial charge in [-0.25, -0.2) is 4.40 Å². The fraction of sp³-hybridized carbons (Fsp3) is 0.0625. The Morgan fingerprint density at radius 2 is 2.00 bits per heavy atom. The van der Waals surface area contributed by atoms with E-state index in [-0.39, 0.29) is 5.56 Å². The number of nitrogens with zero attached hydrogens (tertiary/aromatic N) is 3. The number of fused-ring (bicyclic) bond motifs is 1. The van der Waals surface area contributed by atoms with Gasteiger partial charge in [0, 0.05) is 0 Å². The van der Waals surface area contributed by atoms with E-state index in [9.17, 15) is 4.79 Å². The first-order valence-corrected chi connectivity index (χ1v) is 8.53. The number of thiophene rings is 1. The lowest BCUT2D eigenvalue weighted by Crippen LogP contribution is -2.23. The monoisotopic (exact) mass is 341 g/mol. The SMILES string of the molecule is COc1ccc(C=c2sc3nnc(-c4cccs4)n3c2=O)cc1. The van der Waals surface area contributed by atoms with E-state index in [1.54, 1.807) is 11.5 Å². The van der Waals surface area contributed by atoms with Crippen LogP contribution in [0.4, 0.5) is 0 Å². The molecule has 0 aliphatic carbocycles. The molecule has 0 saturated heterocycles. The minimum absolute atomic E-state index is 0.0887. The van der Waals surface area contributed by atoms with Crippen molar-refractivity contribution in [1.29, 1.82) is 0 Å². The smallest absolute Gasteiger partial charge is 0.276 e. The minimum Gasteiger partial charge on any atom is -0.497 e. The van der Waals surface area contributed by atoms with Crippen molar-refractivity contribution in [3.8, 4) is 16.5 Å². The summed E-state index contributed by atoms with van der Waals surface area (Å²) in [4.78, 5) is 14.2. The van der Waals surface area contributed by atoms with Crippen molar-refractivity contribution >= 4 is 33.7 Å². The molecule has 0 radical (unpaired) electrons. The highest BCUT2D eigenvalue weighted by atomic mass is 32.1. The van der Waals surface area contributed by atoms with Crippen LogP contribution in [0.3, 0.4) is 0 Å². The molecular weight excluding hydrogens is 330 g/mol. The second-order valence-electron chi connectivity index (χ2n) is 4.81. The molecule has 0 spiro atoms. The Hall–Kier alpha value is -2.51. The summed E-state index contributed by atoms with van der Waals surface area (Å²) >= 11 is 2.88. The van der Waals surface area contributed by atoms with Crippen molar-refractivity contribution < 1.29 is 4.74 Å². The van der Waals surface area contributed by atoms with Gasteiger partial charge in [0.15, 0.2) is 5.82 Å². The maximum absolute atomic E-state index is 12.7. The Morgan fingerprint density at radius 3 is 2.70 bits per heavy atom. The largest absolute Gasteiger partial charge is 0.497 e. The molecule has 0 saturated carbocycles. The fourth-order valence-corrected chi connectivity index (χ4v) is 3.89. The summed E-state index contributed by atoms with van der Waals surface area (Å²) in [5.74, 6) is 1.39. The quantitative estimate of drug-likeness (QED) is 0.574. The highest BCUT2D eigenvalue weighted by Crippen LogP contribution is 2.22. The van der Waals surface area contributed by atoms with E-state index in [0.717, 1.165) is 16.2 Å². The van der Waals surface area contributed by atoms with Crippen molar-refractivity contribution in [1.82, 2.24) is 14.6 Å². The van der Waals surface area contributed by atoms with Crippen molar-refractivity contribution in [3.05, 3.63) is 62.2 Å². The highest BCUT2D eigenvalue weighted by Gasteiger charge is 2.14. The van der Waals surface area contributed by atoms with Gasteiger partial charge in [0.25, 0.3) is 5.56 Å². The summed E-state index contributed by atoms with van der Waals surface area (Å²) in [7, 11) is 1.63. The van der Waals surface area contributed by atoms with E-state index >= 15 is 0 Å². The van der Waals surface area contributed by atoms with Crippen LogP contribution in [0.1, 0.15) is 5.56 Å². The van der Waals surface area contributed by atoms with Crippen molar-refractivity contribution in [2.45, 2.75) is 0 Å². The summed E-state index contributed by atoms with van der Waals surface area (Å²) in [6.45, 7) is 0. The van der Waals surface area contributed by atoms with Crippen LogP contribution in [0.5, 0.6) is 5.75 Å². The van der Waals surface area contributed by atoms with Gasteiger partial charge in [0.2, 0.25) is 4.96 Å². The first-order valence-electron chi connectivity index (χ1n) is 6.84. The number of hydrogen-bond acceptors (Lipinski definition) is 6. The van der Waals surface area contributed by atoms with Crippen LogP contribution >= 0.6 is 22.7 Å². The standard InChI is InChI=1S/C16H11N3O2S2/c1-21-11-6-4-10(5-7-11)9-13-15(20)19-14(12-3-2-8-22-12)17-18-16(19)23-13/h2-9H,1H3. The molecule has 3 aromatic heterocycles. The predicted molar refractivity (Wildman–Crippen MR) is 92.2 cm³/mol. The Labute approximate surface area is 139 Å². The molecule has 1 aromatic carbocycles. The zero-order valence-corrected chi connectivity index (χ0v) is 13.7. The average Bonchev–Trinajstić information content (AvgIpc) is 3.28. The van der Waals surface area contributed by atoms with Gasteiger partial charge in [-0.2, -0.15) is 0 Å². The van der Waals surface area contributed by atoms with Crippen LogP contribution in [0, 0.1) is 0 Å². The van der Waals surface area contributed by atoms with E-state index in [4.69, 9.17) is 4.74 Å². The molecule has 7 heteroatoms. The topological polar surface area (TPSA) is 56.5 Å². The molecule has 0 N–H and O–H groups in total. The Kier molecular flexibility index (Phi) is 3.44. The molecule has 0 bridgehead atoms. The van der Waals surface area contributed by atoms with Crippen molar-refractivity contribution in [2.24, 2.45) is 0 Å². The van der Waals surface area contributed by atoms with Crippen molar-refractivity contribution in [2.75, 3.05) is 7.11 Å². The summed E-state index contributed by atoms with van der Waals surface area (Å²) in [6, 6.07) is 11.4. The fourth-order valence-electron chi connectivity index (χ4n) is 2.28. The normalized spacial score (nSPS) is 12.1. The number of hydrogen-bond donors (Lipinski definition) is 0. The molecule has 0 amide bonds. The van der Waals surface area contributed by atoms with Gasteiger partial charge < -0.3 is 4.74 Å². The third kappa shape index (κ3) is 2.43. The average molecular weight is 341 g/mol. The molecule has 4 aromatic rings. The molecule has 3 heterocycles. The molecule has 0 aliphatic rings. The zero-order chi connectivity index (χ0) is 15.8. The van der Waals surface area contributed by atoms with Crippen LogP contribution in [0.25, 0.3) is 21.7 Å². The molecule has 114 valence electrons. The van der Waals surface area contributed by atoms with Crippen LogP contribution in [0.2, 0.25) is 0 Å². The first-order chi connectivity index (χ1) is 11.3. The zero-order valence-electron chi connectivity index (χ0n) is 12.1. The third-order valence-electron chi connectivity index (χ3n) is 3.40. The number of methoxy groups -OCH3 is 1. The van der Waals surface area contributed by atoms with E-state index in [1.165, 1.54) is 22.7 Å². The van der Waals surface area contributed by atoms with Gasteiger partial charge in [-0.3, -0.25) is 4.79 Å². The molecule has 4 rings (SSSR count). The predicted octanol–water partition coefficient (Wildman–Crippen LogP) is 2.44.